The van der Waals surface area contributed by atoms with Crippen molar-refractivity contribution < 1.29 is 29.3 Å². The quantitative estimate of drug-likeness (QED) is 0.321. The van der Waals surface area contributed by atoms with Gasteiger partial charge in [-0.2, -0.15) is 12.6 Å². The van der Waals surface area contributed by atoms with Gasteiger partial charge in [0.15, 0.2) is 6.10 Å². The minimum absolute atomic E-state index is 0.146. The number of carbonyl (C=O) groups excluding carboxylic acids is 2. The van der Waals surface area contributed by atoms with Gasteiger partial charge in [-0.15, -0.1) is 0 Å². The number of aliphatic hydroxyl groups excluding tert-OH is 2. The van der Waals surface area contributed by atoms with Crippen molar-refractivity contribution in [2.75, 3.05) is 12.4 Å². The zero-order valence-electron chi connectivity index (χ0n) is 8.96. The highest BCUT2D eigenvalue weighted by Gasteiger charge is 2.26. The Balaban J connectivity index is 4.31. The zero-order valence-corrected chi connectivity index (χ0v) is 9.85. The van der Waals surface area contributed by atoms with Crippen molar-refractivity contribution in [1.82, 2.24) is 0 Å². The highest BCUT2D eigenvalue weighted by molar-refractivity contribution is 7.81. The van der Waals surface area contributed by atoms with Crippen LogP contribution in [0.3, 0.4) is 0 Å². The Bertz CT molecular complexity index is 232. The molecule has 0 bridgehead atoms. The summed E-state index contributed by atoms with van der Waals surface area (Å²) in [5, 5.41) is 17.9. The van der Waals surface area contributed by atoms with E-state index < -0.39 is 30.9 Å². The van der Waals surface area contributed by atoms with Gasteiger partial charge in [-0.05, 0) is 6.42 Å². The number of hydrogen-bond acceptors (Lipinski definition) is 7. The second-order valence-corrected chi connectivity index (χ2v) is 3.32. The summed E-state index contributed by atoms with van der Waals surface area (Å²) in [6.07, 6.45) is -2.22. The van der Waals surface area contributed by atoms with Crippen molar-refractivity contribution in [3.63, 3.8) is 0 Å². The molecule has 0 saturated heterocycles. The minimum Gasteiger partial charge on any atom is -0.422 e. The Hall–Kier alpha value is -0.790. The fourth-order valence-electron chi connectivity index (χ4n) is 0.827. The topological polar surface area (TPSA) is 93.1 Å². The Morgan fingerprint density at radius 3 is 2.31 bits per heavy atom. The molecule has 0 aliphatic heterocycles. The van der Waals surface area contributed by atoms with E-state index in [1.807, 2.05) is 0 Å². The molecule has 0 aromatic carbocycles. The van der Waals surface area contributed by atoms with Gasteiger partial charge in [-0.25, -0.2) is 0 Å². The summed E-state index contributed by atoms with van der Waals surface area (Å²) in [6.45, 7) is 1.10. The van der Waals surface area contributed by atoms with E-state index in [-0.39, 0.29) is 12.2 Å². The maximum Gasteiger partial charge on any atom is 0.318 e. The molecule has 0 radical (unpaired) electrons. The van der Waals surface area contributed by atoms with Gasteiger partial charge >= 0.3 is 11.9 Å². The van der Waals surface area contributed by atoms with Crippen molar-refractivity contribution in [2.45, 2.75) is 32.2 Å². The lowest BCUT2D eigenvalue weighted by molar-refractivity contribution is -0.208. The highest BCUT2D eigenvalue weighted by Crippen LogP contribution is 2.06. The monoisotopic (exact) mass is 252 g/mol. The fraction of sp³-hybridized carbons (Fsp3) is 0.778. The molecule has 0 amide bonds. The van der Waals surface area contributed by atoms with Crippen molar-refractivity contribution >= 4 is 24.6 Å². The molecule has 2 N–H and O–H groups in total. The number of aliphatic hydroxyl groups is 2. The minimum atomic E-state index is -1.48. The smallest absolute Gasteiger partial charge is 0.318 e. The first-order valence-electron chi connectivity index (χ1n) is 4.83. The molecule has 6 nitrogen and oxygen atoms in total. The molecule has 0 aromatic heterocycles. The molecular formula is C9H16O6S. The first-order valence-corrected chi connectivity index (χ1v) is 5.47. The number of ether oxygens (including phenoxy) is 2. The number of hydrogen-bond donors (Lipinski definition) is 3. The van der Waals surface area contributed by atoms with Gasteiger partial charge in [0.2, 0.25) is 0 Å². The summed E-state index contributed by atoms with van der Waals surface area (Å²) in [5.74, 6) is -1.56. The maximum absolute atomic E-state index is 11.1. The molecule has 0 saturated carbocycles. The molecule has 0 aromatic rings. The number of esters is 2. The van der Waals surface area contributed by atoms with Gasteiger partial charge in [-0.3, -0.25) is 9.59 Å². The first kappa shape index (κ1) is 15.2. The highest BCUT2D eigenvalue weighted by atomic mass is 32.1. The normalized spacial score (nSPS) is 14.0. The predicted molar refractivity (Wildman–Crippen MR) is 57.8 cm³/mol. The molecule has 16 heavy (non-hydrogen) atoms. The Labute approximate surface area is 99.0 Å². The Morgan fingerprint density at radius 2 is 1.88 bits per heavy atom. The van der Waals surface area contributed by atoms with Crippen LogP contribution in [-0.2, 0) is 19.1 Å². The zero-order chi connectivity index (χ0) is 12.6. The predicted octanol–water partition coefficient (Wildman–Crippen LogP) is -0.518. The SMILES string of the molecule is CCCC(=O)OC(OC(=O)CS)C(O)CO. The summed E-state index contributed by atoms with van der Waals surface area (Å²) in [7, 11) is 0. The van der Waals surface area contributed by atoms with E-state index in [9.17, 15) is 14.7 Å². The van der Waals surface area contributed by atoms with Crippen LogP contribution < -0.4 is 0 Å². The lowest BCUT2D eigenvalue weighted by Crippen LogP contribution is -2.38. The summed E-state index contributed by atoms with van der Waals surface area (Å²) < 4.78 is 9.29. The maximum atomic E-state index is 11.1. The molecule has 0 aliphatic rings. The van der Waals surface area contributed by atoms with Gasteiger partial charge < -0.3 is 19.7 Å². The Morgan fingerprint density at radius 1 is 1.31 bits per heavy atom. The molecule has 0 fully saturated rings. The number of rotatable bonds is 7. The number of thiol groups is 1. The molecule has 0 spiro atoms. The molecule has 7 heteroatoms. The van der Waals surface area contributed by atoms with E-state index in [0.717, 1.165) is 0 Å². The van der Waals surface area contributed by atoms with Crippen LogP contribution in [-0.4, -0.2) is 46.9 Å². The lowest BCUT2D eigenvalue weighted by atomic mass is 10.3. The molecule has 2 unspecified atom stereocenters. The van der Waals surface area contributed by atoms with Gasteiger partial charge in [0, 0.05) is 6.42 Å². The van der Waals surface area contributed by atoms with Gasteiger partial charge in [-0.1, -0.05) is 6.92 Å². The average Bonchev–Trinajstić information content (AvgIpc) is 2.27. The lowest BCUT2D eigenvalue weighted by Gasteiger charge is -2.21. The van der Waals surface area contributed by atoms with Gasteiger partial charge in [0.1, 0.15) is 0 Å². The Kier molecular flexibility index (Phi) is 7.96. The third-order valence-electron chi connectivity index (χ3n) is 1.58. The third-order valence-corrected chi connectivity index (χ3v) is 1.84. The van der Waals surface area contributed by atoms with E-state index in [0.29, 0.717) is 6.42 Å². The van der Waals surface area contributed by atoms with E-state index in [4.69, 9.17) is 9.84 Å². The number of carbonyl (C=O) groups is 2. The van der Waals surface area contributed by atoms with Crippen LogP contribution in [0.1, 0.15) is 19.8 Å². The molecule has 2 atom stereocenters. The van der Waals surface area contributed by atoms with Crippen LogP contribution in [0.2, 0.25) is 0 Å². The van der Waals surface area contributed by atoms with Crippen molar-refractivity contribution in [1.29, 1.82) is 0 Å². The average molecular weight is 252 g/mol. The van der Waals surface area contributed by atoms with Crippen LogP contribution in [0, 0.1) is 0 Å². The van der Waals surface area contributed by atoms with Crippen molar-refractivity contribution in [2.24, 2.45) is 0 Å². The van der Waals surface area contributed by atoms with Crippen molar-refractivity contribution in [3.8, 4) is 0 Å². The van der Waals surface area contributed by atoms with Crippen LogP contribution in [0.15, 0.2) is 0 Å². The van der Waals surface area contributed by atoms with Crippen LogP contribution in [0.25, 0.3) is 0 Å². The van der Waals surface area contributed by atoms with Crippen LogP contribution in [0.5, 0.6) is 0 Å². The van der Waals surface area contributed by atoms with E-state index in [1.165, 1.54) is 0 Å². The second-order valence-electron chi connectivity index (χ2n) is 3.01. The van der Waals surface area contributed by atoms with Crippen LogP contribution in [0.4, 0.5) is 0 Å². The molecule has 0 heterocycles. The van der Waals surface area contributed by atoms with E-state index in [2.05, 4.69) is 17.4 Å². The van der Waals surface area contributed by atoms with Gasteiger partial charge in [0.05, 0.1) is 12.4 Å². The van der Waals surface area contributed by atoms with Crippen molar-refractivity contribution in [3.05, 3.63) is 0 Å². The molecule has 94 valence electrons. The molecule has 0 aliphatic carbocycles. The standard InChI is InChI=1S/C9H16O6S/c1-2-3-7(12)14-9(6(11)4-10)15-8(13)5-16/h6,9-11,16H,2-5H2,1H3. The summed E-state index contributed by atoms with van der Waals surface area (Å²) in [6, 6.07) is 0. The fourth-order valence-corrected chi connectivity index (χ4v) is 0.901. The summed E-state index contributed by atoms with van der Waals surface area (Å²) in [5.41, 5.74) is 0. The molecule has 0 rings (SSSR count). The van der Waals surface area contributed by atoms with E-state index >= 15 is 0 Å². The van der Waals surface area contributed by atoms with Crippen LogP contribution >= 0.6 is 12.6 Å². The molecular weight excluding hydrogens is 236 g/mol. The second kappa shape index (κ2) is 8.37. The third kappa shape index (κ3) is 5.94. The summed E-state index contributed by atoms with van der Waals surface area (Å²) in [4.78, 5) is 22.0. The first-order chi connectivity index (χ1) is 7.54. The summed E-state index contributed by atoms with van der Waals surface area (Å²) >= 11 is 3.66. The largest absolute Gasteiger partial charge is 0.422 e. The van der Waals surface area contributed by atoms with E-state index in [1.54, 1.807) is 6.92 Å². The van der Waals surface area contributed by atoms with Gasteiger partial charge in [0.25, 0.3) is 6.29 Å².